The number of anilines is 1. The maximum Gasteiger partial charge on any atom is 0.263 e. The van der Waals surface area contributed by atoms with E-state index in [0.29, 0.717) is 30.3 Å². The van der Waals surface area contributed by atoms with Gasteiger partial charge in [-0.15, -0.1) is 11.3 Å². The molecule has 7 nitrogen and oxygen atoms in total. The van der Waals surface area contributed by atoms with Crippen molar-refractivity contribution in [3.8, 4) is 5.75 Å². The highest BCUT2D eigenvalue weighted by Crippen LogP contribution is 2.22. The molecule has 0 bridgehead atoms. The lowest BCUT2D eigenvalue weighted by molar-refractivity contribution is -0.121. The van der Waals surface area contributed by atoms with Gasteiger partial charge in [-0.1, -0.05) is 12.8 Å². The maximum absolute atomic E-state index is 12.4. The van der Waals surface area contributed by atoms with Crippen molar-refractivity contribution in [1.82, 2.24) is 10.3 Å². The predicted octanol–water partition coefficient (Wildman–Crippen LogP) is 2.94. The minimum absolute atomic E-state index is 0.0234. The van der Waals surface area contributed by atoms with E-state index in [1.54, 1.807) is 17.5 Å². The van der Waals surface area contributed by atoms with E-state index in [-0.39, 0.29) is 15.9 Å². The van der Waals surface area contributed by atoms with Gasteiger partial charge in [0.05, 0.1) is 17.7 Å². The Bertz CT molecular complexity index is 872. The van der Waals surface area contributed by atoms with E-state index in [2.05, 4.69) is 15.0 Å². The van der Waals surface area contributed by atoms with Crippen LogP contribution in [0.15, 0.2) is 34.5 Å². The standard InChI is InChI=1S/C18H23N3O4S2/c1-25-15-7-9-16(10-8-15)27(23,24)21-18-20-14(12-26-18)6-11-17(22)19-13-4-2-3-5-13/h7-10,12-13H,2-6,11H2,1H3,(H,19,22)(H,20,21). The zero-order valence-corrected chi connectivity index (χ0v) is 16.7. The monoisotopic (exact) mass is 409 g/mol. The Morgan fingerprint density at radius 3 is 2.63 bits per heavy atom. The number of benzene rings is 1. The number of methoxy groups -OCH3 is 1. The minimum Gasteiger partial charge on any atom is -0.497 e. The molecule has 1 aliphatic rings. The molecule has 9 heteroatoms. The normalized spacial score (nSPS) is 14.9. The molecule has 1 saturated carbocycles. The van der Waals surface area contributed by atoms with Crippen molar-refractivity contribution < 1.29 is 17.9 Å². The van der Waals surface area contributed by atoms with Gasteiger partial charge in [0.2, 0.25) is 5.91 Å². The molecule has 2 aromatic rings. The van der Waals surface area contributed by atoms with Crippen LogP contribution in [-0.2, 0) is 21.2 Å². The summed E-state index contributed by atoms with van der Waals surface area (Å²) in [5, 5.41) is 5.10. The molecule has 0 unspecified atom stereocenters. The molecule has 1 aromatic carbocycles. The Morgan fingerprint density at radius 1 is 1.26 bits per heavy atom. The van der Waals surface area contributed by atoms with E-state index in [1.807, 2.05) is 0 Å². The summed E-state index contributed by atoms with van der Waals surface area (Å²) in [5.74, 6) is 0.608. The number of thiazole rings is 1. The lowest BCUT2D eigenvalue weighted by Gasteiger charge is -2.11. The average Bonchev–Trinajstić information content (AvgIpc) is 3.32. The van der Waals surface area contributed by atoms with Gasteiger partial charge >= 0.3 is 0 Å². The lowest BCUT2D eigenvalue weighted by atomic mass is 10.2. The third kappa shape index (κ3) is 5.43. The van der Waals surface area contributed by atoms with Crippen molar-refractivity contribution in [3.63, 3.8) is 0 Å². The first kappa shape index (κ1) is 19.6. The fraction of sp³-hybridized carbons (Fsp3) is 0.444. The van der Waals surface area contributed by atoms with E-state index < -0.39 is 10.0 Å². The molecule has 0 atom stereocenters. The SMILES string of the molecule is COc1ccc(S(=O)(=O)Nc2nc(CCC(=O)NC3CCCC3)cs2)cc1. The molecule has 0 saturated heterocycles. The van der Waals surface area contributed by atoms with Crippen molar-refractivity contribution in [2.75, 3.05) is 11.8 Å². The smallest absolute Gasteiger partial charge is 0.263 e. The number of aromatic nitrogens is 1. The van der Waals surface area contributed by atoms with Gasteiger partial charge in [-0.25, -0.2) is 13.4 Å². The van der Waals surface area contributed by atoms with Crippen molar-refractivity contribution in [2.24, 2.45) is 0 Å². The Kier molecular flexibility index (Phi) is 6.33. The number of aryl methyl sites for hydroxylation is 1. The van der Waals surface area contributed by atoms with Gasteiger partial charge in [0.25, 0.3) is 10.0 Å². The molecule has 2 N–H and O–H groups in total. The second kappa shape index (κ2) is 8.71. The fourth-order valence-corrected chi connectivity index (χ4v) is 5.01. The van der Waals surface area contributed by atoms with Crippen LogP contribution in [0.2, 0.25) is 0 Å². The number of amides is 1. The third-order valence-electron chi connectivity index (χ3n) is 4.47. The molecule has 146 valence electrons. The van der Waals surface area contributed by atoms with Crippen LogP contribution >= 0.6 is 11.3 Å². The van der Waals surface area contributed by atoms with Crippen LogP contribution in [0.4, 0.5) is 5.13 Å². The Labute approximate surface area is 163 Å². The molecule has 0 radical (unpaired) electrons. The number of rotatable bonds is 8. The number of nitrogens with zero attached hydrogens (tertiary/aromatic N) is 1. The first-order valence-corrected chi connectivity index (χ1v) is 11.2. The summed E-state index contributed by atoms with van der Waals surface area (Å²) in [4.78, 5) is 16.4. The number of hydrogen-bond acceptors (Lipinski definition) is 6. The molecular weight excluding hydrogens is 386 g/mol. The molecule has 3 rings (SSSR count). The molecule has 1 amide bonds. The first-order valence-electron chi connectivity index (χ1n) is 8.87. The van der Waals surface area contributed by atoms with Crippen molar-refractivity contribution in [2.45, 2.75) is 49.5 Å². The number of carbonyl (C=O) groups is 1. The van der Waals surface area contributed by atoms with Gasteiger partial charge in [-0.2, -0.15) is 0 Å². The van der Waals surface area contributed by atoms with Gasteiger partial charge < -0.3 is 10.1 Å². The van der Waals surface area contributed by atoms with Crippen molar-refractivity contribution in [1.29, 1.82) is 0 Å². The van der Waals surface area contributed by atoms with E-state index in [9.17, 15) is 13.2 Å². The molecular formula is C18H23N3O4S2. The van der Waals surface area contributed by atoms with Gasteiger partial charge in [-0.3, -0.25) is 9.52 Å². The van der Waals surface area contributed by atoms with Gasteiger partial charge in [0, 0.05) is 17.8 Å². The van der Waals surface area contributed by atoms with Crippen LogP contribution in [0.25, 0.3) is 0 Å². The van der Waals surface area contributed by atoms with Crippen LogP contribution in [-0.4, -0.2) is 32.5 Å². The maximum atomic E-state index is 12.4. The van der Waals surface area contributed by atoms with E-state index >= 15 is 0 Å². The van der Waals surface area contributed by atoms with Crippen molar-refractivity contribution >= 4 is 32.4 Å². The average molecular weight is 410 g/mol. The van der Waals surface area contributed by atoms with Crippen molar-refractivity contribution in [3.05, 3.63) is 35.3 Å². The van der Waals surface area contributed by atoms with Gasteiger partial charge in [0.15, 0.2) is 5.13 Å². The molecule has 1 aliphatic carbocycles. The number of ether oxygens (including phenoxy) is 1. The predicted molar refractivity (Wildman–Crippen MR) is 105 cm³/mol. The summed E-state index contributed by atoms with van der Waals surface area (Å²) in [7, 11) is -2.19. The number of hydrogen-bond donors (Lipinski definition) is 2. The topological polar surface area (TPSA) is 97.4 Å². The summed E-state index contributed by atoms with van der Waals surface area (Å²) in [5.41, 5.74) is 0.703. The highest BCUT2D eigenvalue weighted by atomic mass is 32.2. The van der Waals surface area contributed by atoms with Crippen LogP contribution < -0.4 is 14.8 Å². The summed E-state index contributed by atoms with van der Waals surface area (Å²) in [6, 6.07) is 6.43. The highest BCUT2D eigenvalue weighted by Gasteiger charge is 2.18. The Balaban J connectivity index is 1.54. The summed E-state index contributed by atoms with van der Waals surface area (Å²) >= 11 is 1.21. The Hall–Kier alpha value is -2.13. The molecule has 1 fully saturated rings. The zero-order chi connectivity index (χ0) is 19.3. The fourth-order valence-electron chi connectivity index (χ4n) is 3.01. The summed E-state index contributed by atoms with van der Waals surface area (Å²) < 4.78 is 32.4. The van der Waals surface area contributed by atoms with E-state index in [1.165, 1.54) is 43.4 Å². The molecule has 1 aromatic heterocycles. The largest absolute Gasteiger partial charge is 0.497 e. The molecule has 0 spiro atoms. The van der Waals surface area contributed by atoms with Crippen LogP contribution in [0.3, 0.4) is 0 Å². The van der Waals surface area contributed by atoms with E-state index in [0.717, 1.165) is 12.8 Å². The molecule has 27 heavy (non-hydrogen) atoms. The lowest BCUT2D eigenvalue weighted by Crippen LogP contribution is -2.32. The van der Waals surface area contributed by atoms with Crippen LogP contribution in [0.5, 0.6) is 5.75 Å². The third-order valence-corrected chi connectivity index (χ3v) is 6.76. The number of sulfonamides is 1. The summed E-state index contributed by atoms with van der Waals surface area (Å²) in [6.07, 6.45) is 5.30. The zero-order valence-electron chi connectivity index (χ0n) is 15.1. The second-order valence-electron chi connectivity index (χ2n) is 6.47. The number of nitrogens with one attached hydrogen (secondary N) is 2. The van der Waals surface area contributed by atoms with Crippen LogP contribution in [0.1, 0.15) is 37.8 Å². The quantitative estimate of drug-likeness (QED) is 0.699. The Morgan fingerprint density at radius 2 is 1.96 bits per heavy atom. The summed E-state index contributed by atoms with van der Waals surface area (Å²) in [6.45, 7) is 0. The minimum atomic E-state index is -3.71. The first-order chi connectivity index (χ1) is 13.0. The van der Waals surface area contributed by atoms with E-state index in [4.69, 9.17) is 4.74 Å². The second-order valence-corrected chi connectivity index (χ2v) is 9.01. The van der Waals surface area contributed by atoms with Gasteiger partial charge in [-0.05, 0) is 43.5 Å². The molecule has 1 heterocycles. The van der Waals surface area contributed by atoms with Gasteiger partial charge in [0.1, 0.15) is 5.75 Å². The number of carbonyl (C=O) groups excluding carboxylic acids is 1. The molecule has 0 aliphatic heterocycles. The van der Waals surface area contributed by atoms with Crippen LogP contribution in [0, 0.1) is 0 Å². The highest BCUT2D eigenvalue weighted by molar-refractivity contribution is 7.93.